The van der Waals surface area contributed by atoms with Crippen molar-refractivity contribution in [3.8, 4) is 5.75 Å². The van der Waals surface area contributed by atoms with Crippen LogP contribution in [0.4, 0.5) is 18.9 Å². The predicted octanol–water partition coefficient (Wildman–Crippen LogP) is 2.87. The van der Waals surface area contributed by atoms with Crippen LogP contribution in [0.25, 0.3) is 0 Å². The number of ketones is 1. The van der Waals surface area contributed by atoms with Crippen LogP contribution >= 0.6 is 11.8 Å². The number of amides is 1. The normalized spacial score (nSPS) is 14.7. The summed E-state index contributed by atoms with van der Waals surface area (Å²) in [4.78, 5) is 23.4. The Morgan fingerprint density at radius 1 is 1.40 bits per heavy atom. The summed E-state index contributed by atoms with van der Waals surface area (Å²) < 4.78 is 41.9. The number of alkyl halides is 3. The van der Waals surface area contributed by atoms with E-state index >= 15 is 0 Å². The summed E-state index contributed by atoms with van der Waals surface area (Å²) in [6, 6.07) is 2.67. The van der Waals surface area contributed by atoms with Gasteiger partial charge < -0.3 is 10.1 Å². The molecule has 1 aromatic carbocycles. The molecule has 0 bridgehead atoms. The Kier molecular flexibility index (Phi) is 3.94. The second kappa shape index (κ2) is 5.35. The molecule has 0 unspecified atom stereocenters. The van der Waals surface area contributed by atoms with Crippen LogP contribution in [-0.4, -0.2) is 30.7 Å². The Labute approximate surface area is 116 Å². The lowest BCUT2D eigenvalue weighted by atomic mass is 10.0. The number of hydrogen-bond donors (Lipinski definition) is 1. The van der Waals surface area contributed by atoms with Crippen LogP contribution in [-0.2, 0) is 4.79 Å². The van der Waals surface area contributed by atoms with E-state index in [4.69, 9.17) is 4.74 Å². The minimum atomic E-state index is -5.00. The molecule has 0 fully saturated rings. The van der Waals surface area contributed by atoms with Crippen molar-refractivity contribution >= 4 is 29.1 Å². The van der Waals surface area contributed by atoms with Gasteiger partial charge in [0.05, 0.1) is 23.3 Å². The average molecular weight is 305 g/mol. The van der Waals surface area contributed by atoms with Gasteiger partial charge in [-0.25, -0.2) is 0 Å². The zero-order chi connectivity index (χ0) is 14.9. The lowest BCUT2D eigenvalue weighted by Gasteiger charge is -2.21. The second-order valence-electron chi connectivity index (χ2n) is 3.99. The summed E-state index contributed by atoms with van der Waals surface area (Å²) in [5.74, 6) is -1.48. The van der Waals surface area contributed by atoms with Crippen LogP contribution in [0.2, 0.25) is 0 Å². The predicted molar refractivity (Wildman–Crippen MR) is 67.4 cm³/mol. The van der Waals surface area contributed by atoms with Crippen molar-refractivity contribution in [2.75, 3.05) is 18.2 Å². The standard InChI is InChI=1S/C12H10F3NO3S/c1-19-8-3-2-6(16-11(18)12(13,14)15)9-7(17)4-5-20-10(8)9/h2-3H,4-5H2,1H3,(H,16,18). The van der Waals surface area contributed by atoms with E-state index in [2.05, 4.69) is 0 Å². The van der Waals surface area contributed by atoms with Crippen molar-refractivity contribution in [1.29, 1.82) is 0 Å². The molecule has 1 aliphatic heterocycles. The van der Waals surface area contributed by atoms with E-state index in [0.29, 0.717) is 16.4 Å². The molecule has 0 saturated carbocycles. The van der Waals surface area contributed by atoms with E-state index in [-0.39, 0.29) is 23.5 Å². The molecular weight excluding hydrogens is 295 g/mol. The molecule has 4 nitrogen and oxygen atoms in total. The highest BCUT2D eigenvalue weighted by molar-refractivity contribution is 7.99. The molecular formula is C12H10F3NO3S. The third kappa shape index (κ3) is 2.74. The molecule has 0 aliphatic carbocycles. The van der Waals surface area contributed by atoms with Crippen LogP contribution in [0.3, 0.4) is 0 Å². The molecule has 1 aromatic rings. The van der Waals surface area contributed by atoms with Gasteiger partial charge in [0, 0.05) is 12.2 Å². The van der Waals surface area contributed by atoms with Crippen molar-refractivity contribution in [3.63, 3.8) is 0 Å². The molecule has 108 valence electrons. The van der Waals surface area contributed by atoms with E-state index in [1.165, 1.54) is 31.0 Å². The SMILES string of the molecule is COc1ccc(NC(=O)C(F)(F)F)c2c1SCCC2=O. The Bertz CT molecular complexity index is 572. The van der Waals surface area contributed by atoms with Gasteiger partial charge in [0.2, 0.25) is 0 Å². The van der Waals surface area contributed by atoms with Crippen LogP contribution < -0.4 is 10.1 Å². The van der Waals surface area contributed by atoms with Crippen molar-refractivity contribution in [2.24, 2.45) is 0 Å². The highest BCUT2D eigenvalue weighted by Crippen LogP contribution is 2.41. The number of Topliss-reactive ketones (excluding diaryl/α,β-unsaturated/α-hetero) is 1. The van der Waals surface area contributed by atoms with Crippen molar-refractivity contribution in [2.45, 2.75) is 17.5 Å². The van der Waals surface area contributed by atoms with E-state index in [9.17, 15) is 22.8 Å². The Balaban J connectivity index is 2.45. The molecule has 1 N–H and O–H groups in total. The molecule has 1 aliphatic rings. The number of nitrogens with one attached hydrogen (secondary N) is 1. The van der Waals surface area contributed by atoms with Gasteiger partial charge in [0.1, 0.15) is 5.75 Å². The topological polar surface area (TPSA) is 55.4 Å². The molecule has 20 heavy (non-hydrogen) atoms. The first-order valence-corrected chi connectivity index (χ1v) is 6.58. The summed E-state index contributed by atoms with van der Waals surface area (Å²) in [7, 11) is 1.41. The third-order valence-corrected chi connectivity index (χ3v) is 3.80. The maximum atomic E-state index is 12.3. The third-order valence-electron chi connectivity index (χ3n) is 2.70. The second-order valence-corrected chi connectivity index (χ2v) is 5.10. The molecule has 8 heteroatoms. The van der Waals surface area contributed by atoms with Crippen molar-refractivity contribution < 1.29 is 27.5 Å². The summed E-state index contributed by atoms with van der Waals surface area (Å²) in [6.45, 7) is 0. The summed E-state index contributed by atoms with van der Waals surface area (Å²) >= 11 is 1.31. The average Bonchev–Trinajstić information content (AvgIpc) is 2.38. The number of halogens is 3. The lowest BCUT2D eigenvalue weighted by Crippen LogP contribution is -2.31. The number of carbonyl (C=O) groups excluding carboxylic acids is 2. The van der Waals surface area contributed by atoms with E-state index < -0.39 is 12.1 Å². The summed E-state index contributed by atoms with van der Waals surface area (Å²) in [6.07, 6.45) is -4.79. The molecule has 0 aromatic heterocycles. The van der Waals surface area contributed by atoms with Gasteiger partial charge in [-0.15, -0.1) is 11.8 Å². The van der Waals surface area contributed by atoms with Gasteiger partial charge in [-0.05, 0) is 12.1 Å². The first-order valence-electron chi connectivity index (χ1n) is 5.59. The molecule has 0 saturated heterocycles. The van der Waals surface area contributed by atoms with Gasteiger partial charge in [0.25, 0.3) is 0 Å². The maximum absolute atomic E-state index is 12.3. The Morgan fingerprint density at radius 2 is 2.10 bits per heavy atom. The summed E-state index contributed by atoms with van der Waals surface area (Å²) in [5.41, 5.74) is -0.0569. The minimum absolute atomic E-state index is 0.0817. The van der Waals surface area contributed by atoms with Crippen LogP contribution in [0.15, 0.2) is 17.0 Å². The number of ether oxygens (including phenoxy) is 1. The number of thioether (sulfide) groups is 1. The van der Waals surface area contributed by atoms with Gasteiger partial charge in [-0.2, -0.15) is 13.2 Å². The van der Waals surface area contributed by atoms with E-state index in [1.54, 1.807) is 5.32 Å². The zero-order valence-corrected chi connectivity index (χ0v) is 11.2. The van der Waals surface area contributed by atoms with Crippen LogP contribution in [0.5, 0.6) is 5.75 Å². The number of benzene rings is 1. The number of hydrogen-bond acceptors (Lipinski definition) is 4. The Hall–Kier alpha value is -1.70. The smallest absolute Gasteiger partial charge is 0.471 e. The Morgan fingerprint density at radius 3 is 2.70 bits per heavy atom. The van der Waals surface area contributed by atoms with Gasteiger partial charge >= 0.3 is 12.1 Å². The number of methoxy groups -OCH3 is 1. The first kappa shape index (κ1) is 14.7. The number of rotatable bonds is 2. The number of carbonyl (C=O) groups is 2. The highest BCUT2D eigenvalue weighted by atomic mass is 32.2. The number of anilines is 1. The molecule has 1 amide bonds. The molecule has 0 radical (unpaired) electrons. The van der Waals surface area contributed by atoms with Gasteiger partial charge in [-0.1, -0.05) is 0 Å². The van der Waals surface area contributed by atoms with Crippen molar-refractivity contribution in [3.05, 3.63) is 17.7 Å². The van der Waals surface area contributed by atoms with Crippen LogP contribution in [0, 0.1) is 0 Å². The molecule has 2 rings (SSSR count). The number of fused-ring (bicyclic) bond motifs is 1. The van der Waals surface area contributed by atoms with Gasteiger partial charge in [0.15, 0.2) is 5.78 Å². The van der Waals surface area contributed by atoms with E-state index in [1.807, 2.05) is 0 Å². The monoisotopic (exact) mass is 305 g/mol. The fraction of sp³-hybridized carbons (Fsp3) is 0.333. The highest BCUT2D eigenvalue weighted by Gasteiger charge is 2.39. The fourth-order valence-electron chi connectivity index (χ4n) is 1.81. The first-order chi connectivity index (χ1) is 9.34. The molecule has 0 atom stereocenters. The van der Waals surface area contributed by atoms with Gasteiger partial charge in [-0.3, -0.25) is 9.59 Å². The zero-order valence-electron chi connectivity index (χ0n) is 10.3. The minimum Gasteiger partial charge on any atom is -0.496 e. The molecule has 1 heterocycles. The summed E-state index contributed by atoms with van der Waals surface area (Å²) in [5, 5.41) is 1.74. The fourth-order valence-corrected chi connectivity index (χ4v) is 2.97. The van der Waals surface area contributed by atoms with Crippen LogP contribution in [0.1, 0.15) is 16.8 Å². The quantitative estimate of drug-likeness (QED) is 0.913. The maximum Gasteiger partial charge on any atom is 0.471 e. The van der Waals surface area contributed by atoms with E-state index in [0.717, 1.165) is 0 Å². The van der Waals surface area contributed by atoms with Crippen molar-refractivity contribution in [1.82, 2.24) is 0 Å². The lowest BCUT2D eigenvalue weighted by molar-refractivity contribution is -0.167. The largest absolute Gasteiger partial charge is 0.496 e. The molecule has 0 spiro atoms.